The fourth-order valence-corrected chi connectivity index (χ4v) is 3.47. The molecule has 3 aromatic rings. The van der Waals surface area contributed by atoms with Gasteiger partial charge in [-0.05, 0) is 36.6 Å². The van der Waals surface area contributed by atoms with Crippen LogP contribution in [-0.2, 0) is 11.3 Å². The number of carbonyl (C=O) groups is 1. The minimum atomic E-state index is -0.336. The molecule has 0 bridgehead atoms. The fourth-order valence-electron chi connectivity index (χ4n) is 1.93. The Labute approximate surface area is 152 Å². The van der Waals surface area contributed by atoms with Crippen molar-refractivity contribution in [3.05, 3.63) is 51.7 Å². The maximum Gasteiger partial charge on any atom is 0.277 e. The van der Waals surface area contributed by atoms with Gasteiger partial charge >= 0.3 is 0 Å². The molecule has 0 aliphatic heterocycles. The third-order valence-corrected chi connectivity index (χ3v) is 5.19. The number of hydrogen-bond acceptors (Lipinski definition) is 6. The molecule has 1 aromatic carbocycles. The van der Waals surface area contributed by atoms with Crippen LogP contribution < -0.4 is 5.32 Å². The van der Waals surface area contributed by atoms with Crippen molar-refractivity contribution in [2.45, 2.75) is 23.9 Å². The standard InChI is InChI=1S/C16H14ClN3O2S2/c1-10(14(21)18-9-13-6-3-7-23-13)24-16-20-19-15(22-16)11-4-2-5-12(17)8-11/h2-8,10H,9H2,1H3,(H,18,21)/t10-/m1/s1. The number of thioether (sulfide) groups is 1. The summed E-state index contributed by atoms with van der Waals surface area (Å²) in [4.78, 5) is 13.2. The summed E-state index contributed by atoms with van der Waals surface area (Å²) >= 11 is 8.79. The van der Waals surface area contributed by atoms with E-state index in [4.69, 9.17) is 16.0 Å². The Morgan fingerprint density at radius 3 is 3.00 bits per heavy atom. The van der Waals surface area contributed by atoms with Crippen LogP contribution in [0, 0.1) is 0 Å². The molecule has 124 valence electrons. The molecule has 1 amide bonds. The molecular weight excluding hydrogens is 366 g/mol. The van der Waals surface area contributed by atoms with E-state index in [0.717, 1.165) is 10.4 Å². The van der Waals surface area contributed by atoms with Crippen LogP contribution in [0.4, 0.5) is 0 Å². The van der Waals surface area contributed by atoms with Crippen LogP contribution in [0.5, 0.6) is 0 Å². The maximum atomic E-state index is 12.1. The summed E-state index contributed by atoms with van der Waals surface area (Å²) < 4.78 is 5.60. The number of nitrogens with one attached hydrogen (secondary N) is 1. The van der Waals surface area contributed by atoms with E-state index in [2.05, 4.69) is 15.5 Å². The zero-order valence-corrected chi connectivity index (χ0v) is 15.1. The van der Waals surface area contributed by atoms with E-state index in [0.29, 0.717) is 22.7 Å². The van der Waals surface area contributed by atoms with Gasteiger partial charge < -0.3 is 9.73 Å². The average molecular weight is 380 g/mol. The Morgan fingerprint density at radius 1 is 1.38 bits per heavy atom. The van der Waals surface area contributed by atoms with Gasteiger partial charge in [0.1, 0.15) is 0 Å². The summed E-state index contributed by atoms with van der Waals surface area (Å²) in [6.07, 6.45) is 0. The lowest BCUT2D eigenvalue weighted by molar-refractivity contribution is -0.120. The van der Waals surface area contributed by atoms with E-state index in [1.807, 2.05) is 29.6 Å². The summed E-state index contributed by atoms with van der Waals surface area (Å²) in [6, 6.07) is 11.1. The van der Waals surface area contributed by atoms with Crippen molar-refractivity contribution in [2.75, 3.05) is 0 Å². The van der Waals surface area contributed by atoms with Crippen LogP contribution in [0.2, 0.25) is 5.02 Å². The van der Waals surface area contributed by atoms with Gasteiger partial charge in [0.05, 0.1) is 11.8 Å². The summed E-state index contributed by atoms with van der Waals surface area (Å²) in [5, 5.41) is 13.5. The third kappa shape index (κ3) is 4.37. The number of rotatable bonds is 6. The molecule has 1 atom stereocenters. The second-order valence-corrected chi connectivity index (χ2v) is 7.70. The van der Waals surface area contributed by atoms with Gasteiger partial charge in [-0.2, -0.15) is 0 Å². The largest absolute Gasteiger partial charge is 0.411 e. The molecule has 0 radical (unpaired) electrons. The van der Waals surface area contributed by atoms with Gasteiger partial charge in [-0.3, -0.25) is 4.79 Å². The molecule has 0 saturated carbocycles. The third-order valence-electron chi connectivity index (χ3n) is 3.14. The Balaban J connectivity index is 1.58. The van der Waals surface area contributed by atoms with Crippen molar-refractivity contribution in [1.29, 1.82) is 0 Å². The first-order valence-electron chi connectivity index (χ1n) is 7.18. The number of benzene rings is 1. The van der Waals surface area contributed by atoms with Crippen LogP contribution in [-0.4, -0.2) is 21.4 Å². The van der Waals surface area contributed by atoms with Gasteiger partial charge in [-0.1, -0.05) is 35.5 Å². The van der Waals surface area contributed by atoms with Gasteiger partial charge in [0, 0.05) is 15.5 Å². The Hall–Kier alpha value is -1.83. The summed E-state index contributed by atoms with van der Waals surface area (Å²) in [5.41, 5.74) is 0.747. The molecule has 2 aromatic heterocycles. The lowest BCUT2D eigenvalue weighted by Gasteiger charge is -2.08. The molecule has 2 heterocycles. The van der Waals surface area contributed by atoms with E-state index < -0.39 is 0 Å². The Morgan fingerprint density at radius 2 is 2.25 bits per heavy atom. The van der Waals surface area contributed by atoms with Crippen molar-refractivity contribution >= 4 is 40.6 Å². The Kier molecular flexibility index (Phi) is 5.55. The van der Waals surface area contributed by atoms with Crippen LogP contribution in [0.25, 0.3) is 11.5 Å². The highest BCUT2D eigenvalue weighted by Gasteiger charge is 2.18. The number of halogens is 1. The lowest BCUT2D eigenvalue weighted by Crippen LogP contribution is -2.30. The molecule has 3 rings (SSSR count). The topological polar surface area (TPSA) is 68.0 Å². The summed E-state index contributed by atoms with van der Waals surface area (Å²) in [7, 11) is 0. The predicted octanol–water partition coefficient (Wildman–Crippen LogP) is 4.25. The molecule has 1 N–H and O–H groups in total. The Bertz CT molecular complexity index is 820. The first kappa shape index (κ1) is 17.0. The maximum absolute atomic E-state index is 12.1. The van der Waals surface area contributed by atoms with Gasteiger partial charge in [0.25, 0.3) is 5.22 Å². The van der Waals surface area contributed by atoms with Gasteiger partial charge in [0.2, 0.25) is 11.8 Å². The lowest BCUT2D eigenvalue weighted by atomic mass is 10.2. The van der Waals surface area contributed by atoms with Crippen LogP contribution >= 0.6 is 34.7 Å². The predicted molar refractivity (Wildman–Crippen MR) is 96.2 cm³/mol. The van der Waals surface area contributed by atoms with Gasteiger partial charge in [0.15, 0.2) is 0 Å². The molecule has 5 nitrogen and oxygen atoms in total. The smallest absolute Gasteiger partial charge is 0.277 e. The quantitative estimate of drug-likeness (QED) is 0.648. The molecule has 0 aliphatic carbocycles. The van der Waals surface area contributed by atoms with E-state index in [1.165, 1.54) is 11.8 Å². The molecule has 0 aliphatic rings. The van der Waals surface area contributed by atoms with Crippen molar-refractivity contribution in [3.63, 3.8) is 0 Å². The first-order valence-corrected chi connectivity index (χ1v) is 9.32. The van der Waals surface area contributed by atoms with E-state index in [9.17, 15) is 4.79 Å². The normalized spacial score (nSPS) is 12.1. The summed E-state index contributed by atoms with van der Waals surface area (Å²) in [5.74, 6) is 0.307. The summed E-state index contributed by atoms with van der Waals surface area (Å²) in [6.45, 7) is 2.33. The minimum absolute atomic E-state index is 0.0732. The number of amides is 1. The van der Waals surface area contributed by atoms with Crippen molar-refractivity contribution < 1.29 is 9.21 Å². The molecule has 0 fully saturated rings. The number of thiophene rings is 1. The van der Waals surface area contributed by atoms with E-state index in [1.54, 1.807) is 30.4 Å². The second-order valence-electron chi connectivity index (χ2n) is 4.94. The first-order chi connectivity index (χ1) is 11.6. The molecule has 0 spiro atoms. The number of hydrogen-bond donors (Lipinski definition) is 1. The van der Waals surface area contributed by atoms with Crippen LogP contribution in [0.1, 0.15) is 11.8 Å². The molecule has 0 saturated heterocycles. The highest BCUT2D eigenvalue weighted by Crippen LogP contribution is 2.27. The number of carbonyl (C=O) groups excluding carboxylic acids is 1. The monoisotopic (exact) mass is 379 g/mol. The molecule has 24 heavy (non-hydrogen) atoms. The van der Waals surface area contributed by atoms with Gasteiger partial charge in [-0.25, -0.2) is 0 Å². The van der Waals surface area contributed by atoms with Crippen molar-refractivity contribution in [1.82, 2.24) is 15.5 Å². The van der Waals surface area contributed by atoms with Gasteiger partial charge in [-0.15, -0.1) is 21.5 Å². The zero-order chi connectivity index (χ0) is 16.9. The molecule has 0 unspecified atom stereocenters. The SMILES string of the molecule is C[C@@H](Sc1nnc(-c2cccc(Cl)c2)o1)C(=O)NCc1cccs1. The van der Waals surface area contributed by atoms with E-state index >= 15 is 0 Å². The van der Waals surface area contributed by atoms with Crippen molar-refractivity contribution in [2.24, 2.45) is 0 Å². The zero-order valence-electron chi connectivity index (χ0n) is 12.7. The highest BCUT2D eigenvalue weighted by molar-refractivity contribution is 8.00. The van der Waals surface area contributed by atoms with Crippen molar-refractivity contribution in [3.8, 4) is 11.5 Å². The van der Waals surface area contributed by atoms with Crippen LogP contribution in [0.15, 0.2) is 51.4 Å². The second kappa shape index (κ2) is 7.83. The highest BCUT2D eigenvalue weighted by atomic mass is 35.5. The fraction of sp³-hybridized carbons (Fsp3) is 0.188. The molecular formula is C16H14ClN3O2S2. The number of nitrogens with zero attached hydrogens (tertiary/aromatic N) is 2. The average Bonchev–Trinajstić information content (AvgIpc) is 3.24. The van der Waals surface area contributed by atoms with Crippen LogP contribution in [0.3, 0.4) is 0 Å². The van der Waals surface area contributed by atoms with E-state index in [-0.39, 0.29) is 11.2 Å². The molecule has 8 heteroatoms. The minimum Gasteiger partial charge on any atom is -0.411 e. The number of aromatic nitrogens is 2.